The van der Waals surface area contributed by atoms with Gasteiger partial charge in [0.05, 0.1) is 17.1 Å². The van der Waals surface area contributed by atoms with Crippen molar-refractivity contribution < 1.29 is 14.0 Å². The van der Waals surface area contributed by atoms with Crippen LogP contribution in [0.4, 0.5) is 15.8 Å². The summed E-state index contributed by atoms with van der Waals surface area (Å²) in [6.45, 7) is 4.16. The third kappa shape index (κ3) is 3.31. The highest BCUT2D eigenvalue weighted by Gasteiger charge is 2.31. The maximum atomic E-state index is 13.6. The van der Waals surface area contributed by atoms with Crippen molar-refractivity contribution in [3.63, 3.8) is 0 Å². The molecule has 1 N–H and O–H groups in total. The van der Waals surface area contributed by atoms with Gasteiger partial charge in [-0.05, 0) is 41.8 Å². The van der Waals surface area contributed by atoms with Gasteiger partial charge in [-0.3, -0.25) is 14.5 Å². The zero-order valence-corrected chi connectivity index (χ0v) is 16.1. The second-order valence-corrected chi connectivity index (χ2v) is 7.69. The number of hydrogen-bond donors (Lipinski definition) is 1. The van der Waals surface area contributed by atoms with Crippen LogP contribution in [0.1, 0.15) is 30.9 Å². The minimum Gasteiger partial charge on any atom is -0.320 e. The summed E-state index contributed by atoms with van der Waals surface area (Å²) in [5, 5.41) is 11.2. The molecule has 0 aliphatic carbocycles. The molecule has 0 atom stereocenters. The van der Waals surface area contributed by atoms with Crippen LogP contribution in [0.3, 0.4) is 0 Å². The van der Waals surface area contributed by atoms with Crippen molar-refractivity contribution in [1.29, 1.82) is 0 Å². The van der Waals surface area contributed by atoms with Crippen molar-refractivity contribution in [2.75, 3.05) is 16.0 Å². The quantitative estimate of drug-likeness (QED) is 0.803. The Morgan fingerprint density at radius 3 is 2.75 bits per heavy atom. The molecular weight excluding hydrogens is 379 g/mol. The summed E-state index contributed by atoms with van der Waals surface area (Å²) in [5.74, 6) is -0.458. The predicted molar refractivity (Wildman–Crippen MR) is 109 cm³/mol. The van der Waals surface area contributed by atoms with Crippen LogP contribution in [0.5, 0.6) is 0 Å². The van der Waals surface area contributed by atoms with Crippen molar-refractivity contribution in [2.24, 2.45) is 10.2 Å². The lowest BCUT2D eigenvalue weighted by molar-refractivity contribution is -0.115. The molecule has 0 bridgehead atoms. The summed E-state index contributed by atoms with van der Waals surface area (Å²) in [6, 6.07) is 11.7. The number of carbonyl (C=O) groups excluding carboxylic acids is 2. The SMILES string of the molecule is CC(C)c1cccc(N2C(=O)CSC2=NN=C2C(=O)Nc3ccc(F)cc32)c1. The lowest BCUT2D eigenvalue weighted by Crippen LogP contribution is -2.29. The van der Waals surface area contributed by atoms with Crippen molar-refractivity contribution in [1.82, 2.24) is 0 Å². The van der Waals surface area contributed by atoms with E-state index >= 15 is 0 Å². The van der Waals surface area contributed by atoms with Crippen LogP contribution in [-0.2, 0) is 9.59 Å². The molecule has 1 saturated heterocycles. The minimum atomic E-state index is -0.465. The average molecular weight is 396 g/mol. The third-order valence-electron chi connectivity index (χ3n) is 4.50. The van der Waals surface area contributed by atoms with E-state index in [0.717, 1.165) is 5.56 Å². The van der Waals surface area contributed by atoms with E-state index in [-0.39, 0.29) is 17.4 Å². The van der Waals surface area contributed by atoms with Gasteiger partial charge in [0.1, 0.15) is 5.82 Å². The lowest BCUT2D eigenvalue weighted by Gasteiger charge is -2.17. The number of nitrogens with one attached hydrogen (secondary N) is 1. The largest absolute Gasteiger partial charge is 0.320 e. The monoisotopic (exact) mass is 396 g/mol. The molecule has 8 heteroatoms. The molecule has 0 aromatic heterocycles. The van der Waals surface area contributed by atoms with E-state index in [4.69, 9.17) is 0 Å². The fourth-order valence-electron chi connectivity index (χ4n) is 3.03. The molecule has 28 heavy (non-hydrogen) atoms. The Balaban J connectivity index is 1.71. The van der Waals surface area contributed by atoms with Crippen molar-refractivity contribution in [3.8, 4) is 0 Å². The van der Waals surface area contributed by atoms with Gasteiger partial charge in [0.25, 0.3) is 5.91 Å². The first kappa shape index (κ1) is 18.4. The lowest BCUT2D eigenvalue weighted by atomic mass is 10.0. The second-order valence-electron chi connectivity index (χ2n) is 6.74. The van der Waals surface area contributed by atoms with Gasteiger partial charge < -0.3 is 5.32 Å². The van der Waals surface area contributed by atoms with E-state index in [1.807, 2.05) is 24.3 Å². The van der Waals surface area contributed by atoms with Gasteiger partial charge in [-0.1, -0.05) is 37.7 Å². The highest BCUT2D eigenvalue weighted by molar-refractivity contribution is 8.15. The Morgan fingerprint density at radius 2 is 1.96 bits per heavy atom. The number of thioether (sulfide) groups is 1. The number of nitrogens with zero attached hydrogens (tertiary/aromatic N) is 3. The Hall–Kier alpha value is -3.00. The number of amides is 2. The standard InChI is InChI=1S/C20H17FN4O2S/c1-11(2)12-4-3-5-14(8-12)25-17(26)10-28-20(25)24-23-18-15-9-13(21)6-7-16(15)22-19(18)27/h3-9,11H,10H2,1-2H3,(H,22,23,27). The molecule has 2 aromatic rings. The highest BCUT2D eigenvalue weighted by Crippen LogP contribution is 2.30. The van der Waals surface area contributed by atoms with Crippen LogP contribution in [0.15, 0.2) is 52.7 Å². The maximum absolute atomic E-state index is 13.6. The molecule has 2 heterocycles. The summed E-state index contributed by atoms with van der Waals surface area (Å²) in [6.07, 6.45) is 0. The molecule has 1 fully saturated rings. The van der Waals surface area contributed by atoms with Gasteiger partial charge in [0.15, 0.2) is 10.9 Å². The Labute approximate surface area is 165 Å². The van der Waals surface area contributed by atoms with Crippen LogP contribution in [0, 0.1) is 5.82 Å². The Kier molecular flexibility index (Phi) is 4.72. The second kappa shape index (κ2) is 7.20. The van der Waals surface area contributed by atoms with Gasteiger partial charge >= 0.3 is 0 Å². The molecule has 2 amide bonds. The Morgan fingerprint density at radius 1 is 1.14 bits per heavy atom. The van der Waals surface area contributed by atoms with Gasteiger partial charge in [0, 0.05) is 5.56 Å². The summed E-state index contributed by atoms with van der Waals surface area (Å²) >= 11 is 1.25. The topological polar surface area (TPSA) is 74.1 Å². The zero-order valence-electron chi connectivity index (χ0n) is 15.3. The molecule has 2 aliphatic heterocycles. The Bertz CT molecular complexity index is 1050. The molecule has 0 radical (unpaired) electrons. The highest BCUT2D eigenvalue weighted by atomic mass is 32.2. The first-order chi connectivity index (χ1) is 13.4. The number of fused-ring (bicyclic) bond motifs is 1. The summed E-state index contributed by atoms with van der Waals surface area (Å²) < 4.78 is 13.6. The molecule has 2 aliphatic rings. The molecule has 0 spiro atoms. The fourth-order valence-corrected chi connectivity index (χ4v) is 3.85. The van der Waals surface area contributed by atoms with Gasteiger partial charge in [-0.25, -0.2) is 4.39 Å². The van der Waals surface area contributed by atoms with Crippen LogP contribution in [-0.4, -0.2) is 28.4 Å². The third-order valence-corrected chi connectivity index (χ3v) is 5.41. The smallest absolute Gasteiger partial charge is 0.276 e. The van der Waals surface area contributed by atoms with Gasteiger partial charge in [0.2, 0.25) is 5.91 Å². The number of anilines is 2. The fraction of sp³-hybridized carbons (Fsp3) is 0.200. The van der Waals surface area contributed by atoms with Crippen LogP contribution in [0.25, 0.3) is 0 Å². The summed E-state index contributed by atoms with van der Waals surface area (Å²) in [4.78, 5) is 26.1. The number of amidine groups is 1. The van der Waals surface area contributed by atoms with Crippen molar-refractivity contribution >= 4 is 45.8 Å². The summed E-state index contributed by atoms with van der Waals surface area (Å²) in [7, 11) is 0. The first-order valence-corrected chi connectivity index (χ1v) is 9.75. The molecule has 142 valence electrons. The number of carbonyl (C=O) groups is 2. The van der Waals surface area contributed by atoms with E-state index in [9.17, 15) is 14.0 Å². The molecule has 0 saturated carbocycles. The van der Waals surface area contributed by atoms with Crippen molar-refractivity contribution in [2.45, 2.75) is 19.8 Å². The van der Waals surface area contributed by atoms with E-state index < -0.39 is 11.7 Å². The zero-order chi connectivity index (χ0) is 19.8. The van der Waals surface area contributed by atoms with E-state index in [0.29, 0.717) is 28.0 Å². The number of hydrogen-bond acceptors (Lipinski definition) is 5. The molecule has 4 rings (SSSR count). The molecule has 2 aromatic carbocycles. The minimum absolute atomic E-state index is 0.0258. The predicted octanol–water partition coefficient (Wildman–Crippen LogP) is 3.74. The van der Waals surface area contributed by atoms with Crippen LogP contribution in [0.2, 0.25) is 0 Å². The normalized spacial score (nSPS) is 19.1. The van der Waals surface area contributed by atoms with E-state index in [1.54, 1.807) is 0 Å². The number of rotatable bonds is 3. The first-order valence-electron chi connectivity index (χ1n) is 8.76. The molecule has 0 unspecified atom stereocenters. The number of benzene rings is 2. The van der Waals surface area contributed by atoms with E-state index in [1.165, 1.54) is 34.9 Å². The van der Waals surface area contributed by atoms with Gasteiger partial charge in [-0.2, -0.15) is 0 Å². The number of halogens is 1. The van der Waals surface area contributed by atoms with Crippen LogP contribution < -0.4 is 10.2 Å². The molecule has 6 nitrogen and oxygen atoms in total. The molecular formula is C20H17FN4O2S. The van der Waals surface area contributed by atoms with Crippen LogP contribution >= 0.6 is 11.8 Å². The average Bonchev–Trinajstić information content (AvgIpc) is 3.19. The van der Waals surface area contributed by atoms with Gasteiger partial charge in [-0.15, -0.1) is 10.2 Å². The maximum Gasteiger partial charge on any atom is 0.276 e. The van der Waals surface area contributed by atoms with E-state index in [2.05, 4.69) is 29.4 Å². The summed E-state index contributed by atoms with van der Waals surface area (Å²) in [5.41, 5.74) is 2.69. The van der Waals surface area contributed by atoms with Crippen molar-refractivity contribution in [3.05, 3.63) is 59.4 Å².